The summed E-state index contributed by atoms with van der Waals surface area (Å²) in [6, 6.07) is 0. The van der Waals surface area contributed by atoms with Crippen LogP contribution in [-0.4, -0.2) is 31.8 Å². The van der Waals surface area contributed by atoms with Gasteiger partial charge in [0.25, 0.3) is 0 Å². The first kappa shape index (κ1) is 11.9. The number of hydrogen-bond donors (Lipinski definition) is 0. The Bertz CT molecular complexity index is 113. The predicted octanol–water partition coefficient (Wildman–Crippen LogP) is 2.22. The molecule has 12 heavy (non-hydrogen) atoms. The summed E-state index contributed by atoms with van der Waals surface area (Å²) in [5.74, 6) is 0.547. The summed E-state index contributed by atoms with van der Waals surface area (Å²) in [5, 5.41) is 0. The van der Waals surface area contributed by atoms with Gasteiger partial charge in [0, 0.05) is 5.88 Å². The van der Waals surface area contributed by atoms with Crippen molar-refractivity contribution < 1.29 is 9.47 Å². The lowest BCUT2D eigenvalue weighted by atomic mass is 10.5. The third-order valence-electron chi connectivity index (χ3n) is 1.15. The molecule has 2 nitrogen and oxygen atoms in total. The highest BCUT2D eigenvalue weighted by Gasteiger charge is 1.91. The lowest BCUT2D eigenvalue weighted by Gasteiger charge is -2.06. The van der Waals surface area contributed by atoms with Gasteiger partial charge in [-0.25, -0.2) is 0 Å². The van der Waals surface area contributed by atoms with E-state index in [0.717, 1.165) is 0 Å². The minimum atomic E-state index is 0.284. The molecule has 0 aliphatic rings. The van der Waals surface area contributed by atoms with E-state index < -0.39 is 0 Å². The van der Waals surface area contributed by atoms with Crippen LogP contribution in [0.2, 0.25) is 0 Å². The van der Waals surface area contributed by atoms with Crippen molar-refractivity contribution in [3.63, 3.8) is 0 Å². The molecule has 0 N–H and O–H groups in total. The van der Waals surface area contributed by atoms with E-state index in [0.29, 0.717) is 25.7 Å². The average Bonchev–Trinajstić information content (AvgIpc) is 2.02. The Hall–Kier alpha value is -0.0500. The molecule has 0 saturated heterocycles. The van der Waals surface area contributed by atoms with Crippen molar-refractivity contribution in [1.82, 2.24) is 0 Å². The first-order chi connectivity index (χ1) is 5.77. The zero-order chi connectivity index (χ0) is 9.23. The normalized spacial score (nSPS) is 11.7. The molecule has 0 radical (unpaired) electrons. The fraction of sp³-hybridized carbons (Fsp3) is 0.778. The van der Waals surface area contributed by atoms with Crippen molar-refractivity contribution in [3.8, 4) is 0 Å². The first-order valence-corrected chi connectivity index (χ1v) is 4.71. The Balaban J connectivity index is 2.96. The fourth-order valence-electron chi connectivity index (χ4n) is 0.625. The molecule has 0 aromatic rings. The second-order valence-corrected chi connectivity index (χ2v) is 2.93. The molecule has 0 rings (SSSR count). The molecule has 0 aromatic heterocycles. The van der Waals surface area contributed by atoms with Crippen LogP contribution >= 0.6 is 11.6 Å². The summed E-state index contributed by atoms with van der Waals surface area (Å²) in [6.45, 7) is 5.94. The Labute approximate surface area is 79.5 Å². The lowest BCUT2D eigenvalue weighted by Crippen LogP contribution is -2.09. The summed E-state index contributed by atoms with van der Waals surface area (Å²) < 4.78 is 10.5. The van der Waals surface area contributed by atoms with Crippen LogP contribution in [0, 0.1) is 0 Å². The van der Waals surface area contributed by atoms with E-state index in [9.17, 15) is 0 Å². The van der Waals surface area contributed by atoms with Crippen LogP contribution in [0.25, 0.3) is 0 Å². The molecule has 0 fully saturated rings. The Kier molecular flexibility index (Phi) is 9.00. The van der Waals surface area contributed by atoms with Gasteiger partial charge in [-0.15, -0.1) is 11.6 Å². The molecule has 0 aliphatic heterocycles. The first-order valence-electron chi connectivity index (χ1n) is 4.17. The maximum atomic E-state index is 5.42. The van der Waals surface area contributed by atoms with Gasteiger partial charge in [-0.3, -0.25) is 0 Å². The van der Waals surface area contributed by atoms with Crippen molar-refractivity contribution in [3.05, 3.63) is 12.2 Å². The second kappa shape index (κ2) is 9.04. The summed E-state index contributed by atoms with van der Waals surface area (Å²) in [5.41, 5.74) is 0. The van der Waals surface area contributed by atoms with Crippen LogP contribution in [0.1, 0.15) is 13.8 Å². The highest BCUT2D eigenvalue weighted by Crippen LogP contribution is 1.87. The Morgan fingerprint density at radius 2 is 2.00 bits per heavy atom. The van der Waals surface area contributed by atoms with Gasteiger partial charge in [0.1, 0.15) is 0 Å². The molecular formula is C9H17ClO2. The van der Waals surface area contributed by atoms with Gasteiger partial charge >= 0.3 is 0 Å². The molecule has 0 unspecified atom stereocenters. The van der Waals surface area contributed by atoms with Gasteiger partial charge in [-0.2, -0.15) is 0 Å². The summed E-state index contributed by atoms with van der Waals surface area (Å²) in [4.78, 5) is 0. The summed E-state index contributed by atoms with van der Waals surface area (Å²) in [6.07, 6.45) is 4.06. The van der Waals surface area contributed by atoms with Crippen molar-refractivity contribution in [2.45, 2.75) is 20.0 Å². The molecule has 0 spiro atoms. The molecule has 0 heterocycles. The van der Waals surface area contributed by atoms with E-state index in [1.165, 1.54) is 0 Å². The molecule has 72 valence electrons. The van der Waals surface area contributed by atoms with Crippen LogP contribution in [-0.2, 0) is 9.47 Å². The highest BCUT2D eigenvalue weighted by atomic mass is 35.5. The van der Waals surface area contributed by atoms with Crippen LogP contribution in [0.5, 0.6) is 0 Å². The zero-order valence-electron chi connectivity index (χ0n) is 7.75. The monoisotopic (exact) mass is 192 g/mol. The van der Waals surface area contributed by atoms with Crippen LogP contribution in [0.3, 0.4) is 0 Å². The molecule has 0 aromatic carbocycles. The van der Waals surface area contributed by atoms with E-state index in [-0.39, 0.29) is 6.10 Å². The number of halogens is 1. The van der Waals surface area contributed by atoms with E-state index in [1.807, 2.05) is 26.0 Å². The molecule has 0 atom stereocenters. The van der Waals surface area contributed by atoms with Crippen molar-refractivity contribution in [2.24, 2.45) is 0 Å². The van der Waals surface area contributed by atoms with Crippen LogP contribution < -0.4 is 0 Å². The number of alkyl halides is 1. The molecule has 0 amide bonds. The average molecular weight is 193 g/mol. The maximum Gasteiger partial charge on any atom is 0.0704 e. The van der Waals surface area contributed by atoms with Gasteiger partial charge in [-0.1, -0.05) is 12.2 Å². The van der Waals surface area contributed by atoms with Gasteiger partial charge in [0.05, 0.1) is 25.9 Å². The van der Waals surface area contributed by atoms with Crippen molar-refractivity contribution in [2.75, 3.05) is 25.7 Å². The minimum absolute atomic E-state index is 0.284. The minimum Gasteiger partial charge on any atom is -0.376 e. The van der Waals surface area contributed by atoms with Gasteiger partial charge in [0.2, 0.25) is 0 Å². The van der Waals surface area contributed by atoms with Crippen molar-refractivity contribution >= 4 is 11.6 Å². The molecule has 0 saturated carbocycles. The highest BCUT2D eigenvalue weighted by molar-refractivity contribution is 6.18. The van der Waals surface area contributed by atoms with E-state index >= 15 is 0 Å². The van der Waals surface area contributed by atoms with E-state index in [2.05, 4.69) is 0 Å². The number of ether oxygens (including phenoxy) is 2. The van der Waals surface area contributed by atoms with Gasteiger partial charge < -0.3 is 9.47 Å². The predicted molar refractivity (Wildman–Crippen MR) is 51.8 cm³/mol. The quantitative estimate of drug-likeness (QED) is 0.350. The number of hydrogen-bond acceptors (Lipinski definition) is 2. The standard InChI is InChI=1S/C9H17ClO2/c1-9(2)12-8-7-11-6-4-3-5-10/h3-4,9H,5-8H2,1-2H3. The number of rotatable bonds is 7. The van der Waals surface area contributed by atoms with Crippen LogP contribution in [0.15, 0.2) is 12.2 Å². The lowest BCUT2D eigenvalue weighted by molar-refractivity contribution is 0.0268. The summed E-state index contributed by atoms with van der Waals surface area (Å²) >= 11 is 5.42. The third-order valence-corrected chi connectivity index (χ3v) is 1.33. The second-order valence-electron chi connectivity index (χ2n) is 2.62. The largest absolute Gasteiger partial charge is 0.376 e. The Morgan fingerprint density at radius 1 is 1.25 bits per heavy atom. The summed E-state index contributed by atoms with van der Waals surface area (Å²) in [7, 11) is 0. The smallest absolute Gasteiger partial charge is 0.0704 e. The molecule has 3 heteroatoms. The van der Waals surface area contributed by atoms with Crippen LogP contribution in [0.4, 0.5) is 0 Å². The SMILES string of the molecule is CC(C)OCCOCC=CCCl. The number of allylic oxidation sites excluding steroid dienone is 1. The molecular weight excluding hydrogens is 176 g/mol. The van der Waals surface area contributed by atoms with E-state index in [4.69, 9.17) is 21.1 Å². The zero-order valence-corrected chi connectivity index (χ0v) is 8.51. The fourth-order valence-corrected chi connectivity index (χ4v) is 0.751. The molecule has 0 bridgehead atoms. The Morgan fingerprint density at radius 3 is 2.58 bits per heavy atom. The van der Waals surface area contributed by atoms with Gasteiger partial charge in [0.15, 0.2) is 0 Å². The van der Waals surface area contributed by atoms with Gasteiger partial charge in [-0.05, 0) is 13.8 Å². The van der Waals surface area contributed by atoms with E-state index in [1.54, 1.807) is 0 Å². The van der Waals surface area contributed by atoms with Crippen molar-refractivity contribution in [1.29, 1.82) is 0 Å². The third kappa shape index (κ3) is 9.95. The maximum absolute atomic E-state index is 5.42. The topological polar surface area (TPSA) is 18.5 Å². The molecule has 0 aliphatic carbocycles.